The van der Waals surface area contributed by atoms with Crippen LogP contribution in [0.2, 0.25) is 0 Å². The zero-order valence-electron chi connectivity index (χ0n) is 13.5. The molecule has 2 unspecified atom stereocenters. The van der Waals surface area contributed by atoms with Gasteiger partial charge in [0, 0.05) is 24.8 Å². The predicted octanol–water partition coefficient (Wildman–Crippen LogP) is 3.71. The smallest absolute Gasteiger partial charge is 0.0437 e. The van der Waals surface area contributed by atoms with E-state index in [0.717, 1.165) is 19.0 Å². The number of nitrogens with one attached hydrogen (secondary N) is 1. The molecular formula is C18H30N2. The Morgan fingerprint density at radius 2 is 2.05 bits per heavy atom. The molecule has 0 saturated heterocycles. The maximum Gasteiger partial charge on any atom is 0.0437 e. The lowest BCUT2D eigenvalue weighted by atomic mass is 9.90. The molecule has 1 aliphatic rings. The average molecular weight is 274 g/mol. The van der Waals surface area contributed by atoms with Gasteiger partial charge in [-0.05, 0) is 42.9 Å². The molecule has 2 rings (SSSR count). The molecule has 1 aromatic carbocycles. The summed E-state index contributed by atoms with van der Waals surface area (Å²) in [6, 6.07) is 9.55. The molecule has 0 aromatic heterocycles. The van der Waals surface area contributed by atoms with Crippen molar-refractivity contribution in [1.82, 2.24) is 5.32 Å². The second-order valence-electron chi connectivity index (χ2n) is 6.61. The number of hydrogen-bond acceptors (Lipinski definition) is 2. The average Bonchev–Trinajstić information content (AvgIpc) is 2.42. The second-order valence-corrected chi connectivity index (χ2v) is 6.61. The molecule has 0 amide bonds. The van der Waals surface area contributed by atoms with E-state index in [2.05, 4.69) is 62.2 Å². The molecule has 1 aliphatic heterocycles. The van der Waals surface area contributed by atoms with Crippen LogP contribution < -0.4 is 10.2 Å². The van der Waals surface area contributed by atoms with Crippen LogP contribution in [0.1, 0.15) is 39.7 Å². The Morgan fingerprint density at radius 3 is 2.75 bits per heavy atom. The van der Waals surface area contributed by atoms with Crippen LogP contribution in [0.3, 0.4) is 0 Å². The first-order valence-corrected chi connectivity index (χ1v) is 8.18. The van der Waals surface area contributed by atoms with Crippen LogP contribution in [-0.4, -0.2) is 25.7 Å². The third kappa shape index (κ3) is 3.54. The highest BCUT2D eigenvalue weighted by Crippen LogP contribution is 2.32. The van der Waals surface area contributed by atoms with Gasteiger partial charge in [0.15, 0.2) is 0 Å². The zero-order valence-corrected chi connectivity index (χ0v) is 13.5. The van der Waals surface area contributed by atoms with Crippen molar-refractivity contribution in [3.05, 3.63) is 29.8 Å². The van der Waals surface area contributed by atoms with Gasteiger partial charge < -0.3 is 10.2 Å². The van der Waals surface area contributed by atoms with Crippen molar-refractivity contribution in [3.63, 3.8) is 0 Å². The van der Waals surface area contributed by atoms with Gasteiger partial charge in [-0.1, -0.05) is 45.9 Å². The number of anilines is 1. The van der Waals surface area contributed by atoms with Crippen molar-refractivity contribution in [2.45, 2.75) is 46.6 Å². The molecular weight excluding hydrogens is 244 g/mol. The van der Waals surface area contributed by atoms with E-state index in [9.17, 15) is 0 Å². The molecule has 0 spiro atoms. The molecule has 0 saturated carbocycles. The quantitative estimate of drug-likeness (QED) is 0.796. The predicted molar refractivity (Wildman–Crippen MR) is 88.4 cm³/mol. The van der Waals surface area contributed by atoms with Crippen LogP contribution in [0, 0.1) is 11.8 Å². The fourth-order valence-electron chi connectivity index (χ4n) is 3.28. The molecule has 20 heavy (non-hydrogen) atoms. The summed E-state index contributed by atoms with van der Waals surface area (Å²) in [6.07, 6.45) is 2.43. The Hall–Kier alpha value is -1.02. The van der Waals surface area contributed by atoms with E-state index in [1.54, 1.807) is 0 Å². The molecule has 2 heteroatoms. The van der Waals surface area contributed by atoms with Crippen molar-refractivity contribution in [2.24, 2.45) is 11.8 Å². The second kappa shape index (κ2) is 7.12. The topological polar surface area (TPSA) is 15.3 Å². The maximum absolute atomic E-state index is 3.62. The van der Waals surface area contributed by atoms with Crippen molar-refractivity contribution in [3.8, 4) is 0 Å². The minimum absolute atomic E-state index is 0.588. The molecule has 0 radical (unpaired) electrons. The first-order chi connectivity index (χ1) is 9.63. The molecule has 0 bridgehead atoms. The van der Waals surface area contributed by atoms with Gasteiger partial charge in [0.25, 0.3) is 0 Å². The van der Waals surface area contributed by atoms with Crippen molar-refractivity contribution in [2.75, 3.05) is 24.5 Å². The zero-order chi connectivity index (χ0) is 14.5. The van der Waals surface area contributed by atoms with Crippen LogP contribution >= 0.6 is 0 Å². The Bertz CT molecular complexity index is 414. The molecule has 1 aromatic rings. The molecule has 0 aliphatic carbocycles. The van der Waals surface area contributed by atoms with Crippen LogP contribution in [0.5, 0.6) is 0 Å². The standard InChI is InChI=1S/C18H30N2/c1-5-10-19-12-18(14(2)3)20-13-15(4)11-16-8-6-7-9-17(16)20/h6-9,14-15,18-19H,5,10-13H2,1-4H3. The normalized spacial score (nSPS) is 20.1. The third-order valence-electron chi connectivity index (χ3n) is 4.33. The van der Waals surface area contributed by atoms with E-state index in [0.29, 0.717) is 12.0 Å². The molecule has 1 N–H and O–H groups in total. The summed E-state index contributed by atoms with van der Waals surface area (Å²) >= 11 is 0. The molecule has 0 fully saturated rings. The Balaban J connectivity index is 2.19. The van der Waals surface area contributed by atoms with Crippen LogP contribution in [0.25, 0.3) is 0 Å². The first kappa shape index (κ1) is 15.4. The van der Waals surface area contributed by atoms with Crippen LogP contribution in [0.15, 0.2) is 24.3 Å². The highest BCUT2D eigenvalue weighted by molar-refractivity contribution is 5.56. The summed E-state index contributed by atoms with van der Waals surface area (Å²) in [7, 11) is 0. The molecule has 2 nitrogen and oxygen atoms in total. The number of para-hydroxylation sites is 1. The molecule has 2 atom stereocenters. The van der Waals surface area contributed by atoms with E-state index in [-0.39, 0.29) is 0 Å². The van der Waals surface area contributed by atoms with E-state index in [1.165, 1.54) is 30.6 Å². The van der Waals surface area contributed by atoms with E-state index < -0.39 is 0 Å². The maximum atomic E-state index is 3.62. The van der Waals surface area contributed by atoms with E-state index in [1.807, 2.05) is 0 Å². The van der Waals surface area contributed by atoms with Gasteiger partial charge in [-0.3, -0.25) is 0 Å². The fourth-order valence-corrected chi connectivity index (χ4v) is 3.28. The molecule has 1 heterocycles. The van der Waals surface area contributed by atoms with Crippen molar-refractivity contribution in [1.29, 1.82) is 0 Å². The highest BCUT2D eigenvalue weighted by atomic mass is 15.2. The third-order valence-corrected chi connectivity index (χ3v) is 4.33. The molecule has 112 valence electrons. The van der Waals surface area contributed by atoms with Crippen molar-refractivity contribution < 1.29 is 0 Å². The van der Waals surface area contributed by atoms with Crippen LogP contribution in [-0.2, 0) is 6.42 Å². The van der Waals surface area contributed by atoms with Gasteiger partial charge in [0.2, 0.25) is 0 Å². The Kier molecular flexibility index (Phi) is 5.47. The summed E-state index contributed by atoms with van der Waals surface area (Å²) in [4.78, 5) is 2.65. The Morgan fingerprint density at radius 1 is 1.30 bits per heavy atom. The number of nitrogens with zero attached hydrogens (tertiary/aromatic N) is 1. The van der Waals surface area contributed by atoms with E-state index >= 15 is 0 Å². The number of hydrogen-bond donors (Lipinski definition) is 1. The summed E-state index contributed by atoms with van der Waals surface area (Å²) in [5, 5.41) is 3.62. The first-order valence-electron chi connectivity index (χ1n) is 8.18. The van der Waals surface area contributed by atoms with Gasteiger partial charge in [0.05, 0.1) is 0 Å². The summed E-state index contributed by atoms with van der Waals surface area (Å²) in [6.45, 7) is 12.7. The number of benzene rings is 1. The lowest BCUT2D eigenvalue weighted by Crippen LogP contribution is -2.49. The summed E-state index contributed by atoms with van der Waals surface area (Å²) in [5.74, 6) is 1.41. The summed E-state index contributed by atoms with van der Waals surface area (Å²) < 4.78 is 0. The largest absolute Gasteiger partial charge is 0.367 e. The summed E-state index contributed by atoms with van der Waals surface area (Å²) in [5.41, 5.74) is 2.98. The lowest BCUT2D eigenvalue weighted by molar-refractivity contribution is 0.392. The number of fused-ring (bicyclic) bond motifs is 1. The van der Waals surface area contributed by atoms with Gasteiger partial charge in [-0.2, -0.15) is 0 Å². The Labute approximate surface area is 124 Å². The number of rotatable bonds is 6. The monoisotopic (exact) mass is 274 g/mol. The lowest BCUT2D eigenvalue weighted by Gasteiger charge is -2.42. The SMILES string of the molecule is CCCNCC(C(C)C)N1CC(C)Cc2ccccc21. The van der Waals surface area contributed by atoms with Gasteiger partial charge in [0.1, 0.15) is 0 Å². The van der Waals surface area contributed by atoms with Gasteiger partial charge in [-0.25, -0.2) is 0 Å². The van der Waals surface area contributed by atoms with Crippen LogP contribution in [0.4, 0.5) is 5.69 Å². The minimum Gasteiger partial charge on any atom is -0.367 e. The fraction of sp³-hybridized carbons (Fsp3) is 0.667. The van der Waals surface area contributed by atoms with Crippen molar-refractivity contribution >= 4 is 5.69 Å². The van der Waals surface area contributed by atoms with E-state index in [4.69, 9.17) is 0 Å². The highest BCUT2D eigenvalue weighted by Gasteiger charge is 2.28. The van der Waals surface area contributed by atoms with Gasteiger partial charge >= 0.3 is 0 Å². The van der Waals surface area contributed by atoms with Gasteiger partial charge in [-0.15, -0.1) is 0 Å². The minimum atomic E-state index is 0.588.